The average Bonchev–Trinajstić information content (AvgIpc) is 2.47. The topological polar surface area (TPSA) is 66.4 Å². The van der Waals surface area contributed by atoms with Gasteiger partial charge in [0, 0.05) is 12.6 Å². The van der Waals surface area contributed by atoms with E-state index in [4.69, 9.17) is 5.11 Å². The lowest BCUT2D eigenvalue weighted by atomic mass is 10.1. The van der Waals surface area contributed by atoms with E-state index in [1.54, 1.807) is 0 Å². The van der Waals surface area contributed by atoms with Crippen molar-refractivity contribution in [2.75, 3.05) is 18.9 Å². The third-order valence-electron chi connectivity index (χ3n) is 2.99. The summed E-state index contributed by atoms with van der Waals surface area (Å²) in [4.78, 5) is 0. The van der Waals surface area contributed by atoms with Crippen LogP contribution < -0.4 is 5.32 Å². The van der Waals surface area contributed by atoms with Crippen LogP contribution in [0.3, 0.4) is 0 Å². The van der Waals surface area contributed by atoms with Gasteiger partial charge in [-0.25, -0.2) is 8.42 Å². The smallest absolute Gasteiger partial charge is 0.154 e. The molecular weight excluding hydrogens is 226 g/mol. The molecule has 0 amide bonds. The van der Waals surface area contributed by atoms with E-state index >= 15 is 0 Å². The molecule has 1 heterocycles. The number of hydrogen-bond acceptors (Lipinski definition) is 4. The Hall–Kier alpha value is -0.130. The van der Waals surface area contributed by atoms with Crippen molar-refractivity contribution in [2.45, 2.75) is 44.4 Å². The Morgan fingerprint density at radius 3 is 2.69 bits per heavy atom. The van der Waals surface area contributed by atoms with Crippen LogP contribution in [0.5, 0.6) is 0 Å². The normalized spacial score (nSPS) is 28.8. The Labute approximate surface area is 98.4 Å². The van der Waals surface area contributed by atoms with Crippen molar-refractivity contribution in [3.8, 4) is 0 Å². The van der Waals surface area contributed by atoms with Crippen molar-refractivity contribution in [3.63, 3.8) is 0 Å². The van der Waals surface area contributed by atoms with E-state index < -0.39 is 9.84 Å². The number of nitrogens with one attached hydrogen (secondary N) is 1. The average molecular weight is 249 g/mol. The number of hydrogen-bond donors (Lipinski definition) is 2. The van der Waals surface area contributed by atoms with Crippen LogP contribution in [-0.2, 0) is 9.84 Å². The van der Waals surface area contributed by atoms with Crippen molar-refractivity contribution < 1.29 is 13.5 Å². The highest BCUT2D eigenvalue weighted by Gasteiger charge is 2.37. The first-order valence-electron chi connectivity index (χ1n) is 6.01. The predicted molar refractivity (Wildman–Crippen MR) is 65.1 cm³/mol. The Kier molecular flexibility index (Phi) is 5.21. The van der Waals surface area contributed by atoms with Gasteiger partial charge in [-0.2, -0.15) is 0 Å². The van der Waals surface area contributed by atoms with Gasteiger partial charge in [0.1, 0.15) is 0 Å². The summed E-state index contributed by atoms with van der Waals surface area (Å²) < 4.78 is 23.6. The fourth-order valence-corrected chi connectivity index (χ4v) is 4.25. The van der Waals surface area contributed by atoms with Crippen molar-refractivity contribution in [1.82, 2.24) is 5.32 Å². The molecule has 1 saturated heterocycles. The van der Waals surface area contributed by atoms with Crippen LogP contribution in [0.25, 0.3) is 0 Å². The maximum Gasteiger partial charge on any atom is 0.154 e. The third-order valence-corrected chi connectivity index (χ3v) is 5.30. The zero-order chi connectivity index (χ0) is 12.2. The maximum atomic E-state index is 11.8. The van der Waals surface area contributed by atoms with Crippen LogP contribution >= 0.6 is 0 Å². The van der Waals surface area contributed by atoms with Gasteiger partial charge < -0.3 is 10.4 Å². The standard InChI is InChI=1S/C11H23NO3S/c1-9(2)7-12-10-6-11(4-3-5-13)16(14,15)8-10/h9-13H,3-8H2,1-2H3/t10?,11-/m1/s1. The summed E-state index contributed by atoms with van der Waals surface area (Å²) in [5.74, 6) is 0.801. The SMILES string of the molecule is CC(C)CNC1C[C@@H](CCCO)S(=O)(=O)C1. The van der Waals surface area contributed by atoms with Crippen molar-refractivity contribution in [3.05, 3.63) is 0 Å². The molecule has 0 aromatic rings. The monoisotopic (exact) mass is 249 g/mol. The van der Waals surface area contributed by atoms with E-state index in [0.29, 0.717) is 25.2 Å². The molecule has 1 unspecified atom stereocenters. The lowest BCUT2D eigenvalue weighted by Crippen LogP contribution is -2.32. The second-order valence-electron chi connectivity index (χ2n) is 5.05. The number of aliphatic hydroxyl groups excluding tert-OH is 1. The summed E-state index contributed by atoms with van der Waals surface area (Å²) in [6.45, 7) is 5.17. The first-order chi connectivity index (χ1) is 7.45. The minimum atomic E-state index is -2.93. The number of rotatable bonds is 6. The molecule has 5 heteroatoms. The van der Waals surface area contributed by atoms with Gasteiger partial charge in [-0.05, 0) is 31.7 Å². The highest BCUT2D eigenvalue weighted by molar-refractivity contribution is 7.92. The van der Waals surface area contributed by atoms with Gasteiger partial charge in [0.25, 0.3) is 0 Å². The molecule has 0 saturated carbocycles. The molecular formula is C11H23NO3S. The molecule has 0 bridgehead atoms. The van der Waals surface area contributed by atoms with Crippen LogP contribution in [0.4, 0.5) is 0 Å². The summed E-state index contributed by atoms with van der Waals surface area (Å²) in [6.07, 6.45) is 1.88. The summed E-state index contributed by atoms with van der Waals surface area (Å²) in [5.41, 5.74) is 0. The highest BCUT2D eigenvalue weighted by atomic mass is 32.2. The third kappa shape index (κ3) is 4.03. The molecule has 1 aliphatic heterocycles. The molecule has 96 valence electrons. The zero-order valence-corrected chi connectivity index (χ0v) is 11.0. The molecule has 1 rings (SSSR count). The van der Waals surface area contributed by atoms with Crippen LogP contribution in [0.1, 0.15) is 33.1 Å². The maximum absolute atomic E-state index is 11.8. The van der Waals surface area contributed by atoms with Gasteiger partial charge in [-0.1, -0.05) is 13.8 Å². The molecule has 1 fully saturated rings. The van der Waals surface area contributed by atoms with Crippen LogP contribution in [0, 0.1) is 5.92 Å². The van der Waals surface area contributed by atoms with Gasteiger partial charge in [0.05, 0.1) is 11.0 Å². The molecule has 0 spiro atoms. The molecule has 2 N–H and O–H groups in total. The lowest BCUT2D eigenvalue weighted by Gasteiger charge is -2.13. The molecule has 4 nitrogen and oxygen atoms in total. The zero-order valence-electron chi connectivity index (χ0n) is 10.1. The van der Waals surface area contributed by atoms with E-state index in [0.717, 1.165) is 6.54 Å². The quantitative estimate of drug-likeness (QED) is 0.722. The molecule has 1 aliphatic rings. The fourth-order valence-electron chi connectivity index (χ4n) is 2.11. The molecule has 2 atom stereocenters. The molecule has 0 aromatic heterocycles. The summed E-state index contributed by atoms with van der Waals surface area (Å²) in [5, 5.41) is 11.8. The van der Waals surface area contributed by atoms with Crippen molar-refractivity contribution >= 4 is 9.84 Å². The second kappa shape index (κ2) is 5.98. The van der Waals surface area contributed by atoms with Crippen molar-refractivity contribution in [1.29, 1.82) is 0 Å². The van der Waals surface area contributed by atoms with E-state index in [-0.39, 0.29) is 23.7 Å². The van der Waals surface area contributed by atoms with Crippen LogP contribution in [0.2, 0.25) is 0 Å². The first kappa shape index (κ1) is 13.9. The van der Waals surface area contributed by atoms with Crippen LogP contribution in [0.15, 0.2) is 0 Å². The number of sulfone groups is 1. The number of aliphatic hydroxyl groups is 1. The van der Waals surface area contributed by atoms with Gasteiger partial charge in [-0.3, -0.25) is 0 Å². The summed E-state index contributed by atoms with van der Waals surface area (Å²) >= 11 is 0. The van der Waals surface area contributed by atoms with Gasteiger partial charge >= 0.3 is 0 Å². The van der Waals surface area contributed by atoms with Gasteiger partial charge in [0.2, 0.25) is 0 Å². The second-order valence-corrected chi connectivity index (χ2v) is 7.38. The Balaban J connectivity index is 2.44. The largest absolute Gasteiger partial charge is 0.396 e. The van der Waals surface area contributed by atoms with E-state index in [1.165, 1.54) is 0 Å². The lowest BCUT2D eigenvalue weighted by molar-refractivity contribution is 0.282. The predicted octanol–water partition coefficient (Wildman–Crippen LogP) is 0.560. The minimum absolute atomic E-state index is 0.0795. The van der Waals surface area contributed by atoms with E-state index in [9.17, 15) is 8.42 Å². The van der Waals surface area contributed by atoms with Crippen molar-refractivity contribution in [2.24, 2.45) is 5.92 Å². The molecule has 16 heavy (non-hydrogen) atoms. The summed E-state index contributed by atoms with van der Waals surface area (Å²) in [7, 11) is -2.93. The van der Waals surface area contributed by atoms with E-state index in [1.807, 2.05) is 0 Å². The fraction of sp³-hybridized carbons (Fsp3) is 1.00. The molecule has 0 aromatic carbocycles. The first-order valence-corrected chi connectivity index (χ1v) is 7.73. The van der Waals surface area contributed by atoms with Crippen LogP contribution in [-0.4, -0.2) is 43.7 Å². The van der Waals surface area contributed by atoms with Gasteiger partial charge in [0.15, 0.2) is 9.84 Å². The minimum Gasteiger partial charge on any atom is -0.396 e. The molecule has 0 radical (unpaired) electrons. The highest BCUT2D eigenvalue weighted by Crippen LogP contribution is 2.24. The van der Waals surface area contributed by atoms with E-state index in [2.05, 4.69) is 19.2 Å². The van der Waals surface area contributed by atoms with Gasteiger partial charge in [-0.15, -0.1) is 0 Å². The molecule has 0 aliphatic carbocycles. The Morgan fingerprint density at radius 2 is 2.12 bits per heavy atom. The summed E-state index contributed by atoms with van der Waals surface area (Å²) in [6, 6.07) is 0.107. The Bertz CT molecular complexity index is 300. The Morgan fingerprint density at radius 1 is 1.44 bits per heavy atom.